The van der Waals surface area contributed by atoms with E-state index in [2.05, 4.69) is 13.5 Å². The molecule has 0 aromatic carbocycles. The van der Waals surface area contributed by atoms with E-state index in [4.69, 9.17) is 4.74 Å². The average molecular weight is 266 g/mol. The van der Waals surface area contributed by atoms with Crippen molar-refractivity contribution >= 4 is 5.97 Å². The van der Waals surface area contributed by atoms with Gasteiger partial charge >= 0.3 is 5.97 Å². The van der Waals surface area contributed by atoms with Crippen LogP contribution in [0.1, 0.15) is 32.6 Å². The summed E-state index contributed by atoms with van der Waals surface area (Å²) in [7, 11) is 1.32. The lowest BCUT2D eigenvalue weighted by Gasteiger charge is -2.50. The van der Waals surface area contributed by atoms with Gasteiger partial charge in [0.2, 0.25) is 0 Å². The van der Waals surface area contributed by atoms with Crippen molar-refractivity contribution in [2.24, 2.45) is 17.8 Å². The summed E-state index contributed by atoms with van der Waals surface area (Å²) in [6, 6.07) is 0. The zero-order valence-corrected chi connectivity index (χ0v) is 11.6. The van der Waals surface area contributed by atoms with Crippen molar-refractivity contribution in [3.8, 4) is 0 Å². The standard InChI is InChI=1S/C15H22O4/c1-4-5-11-10-6-9(2)7-15(11,18)8-12(16)13(10)14(17)19-3/h4,9-11,16,18H,1,5-8H2,2-3H3/t9-,10-,11+,15+/m1/s1. The molecule has 0 saturated heterocycles. The Labute approximate surface area is 113 Å². The molecule has 2 aliphatic rings. The predicted octanol–water partition coefficient (Wildman–Crippen LogP) is 2.34. The van der Waals surface area contributed by atoms with Crippen molar-refractivity contribution < 1.29 is 19.7 Å². The third-order valence-corrected chi connectivity index (χ3v) is 4.52. The smallest absolute Gasteiger partial charge is 0.337 e. The first-order chi connectivity index (χ1) is 8.92. The molecule has 4 atom stereocenters. The molecule has 0 spiro atoms. The van der Waals surface area contributed by atoms with E-state index in [1.54, 1.807) is 6.08 Å². The van der Waals surface area contributed by atoms with E-state index in [1.807, 2.05) is 0 Å². The van der Waals surface area contributed by atoms with Gasteiger partial charge in [-0.3, -0.25) is 0 Å². The summed E-state index contributed by atoms with van der Waals surface area (Å²) in [6.07, 6.45) is 3.99. The molecule has 4 heteroatoms. The molecule has 0 aliphatic heterocycles. The van der Waals surface area contributed by atoms with E-state index in [9.17, 15) is 15.0 Å². The second kappa shape index (κ2) is 5.00. The maximum absolute atomic E-state index is 11.9. The molecule has 2 aliphatic carbocycles. The molecule has 2 bridgehead atoms. The molecule has 0 radical (unpaired) electrons. The van der Waals surface area contributed by atoms with Crippen LogP contribution in [-0.2, 0) is 9.53 Å². The summed E-state index contributed by atoms with van der Waals surface area (Å²) < 4.78 is 4.78. The van der Waals surface area contributed by atoms with Crippen LogP contribution in [0.25, 0.3) is 0 Å². The van der Waals surface area contributed by atoms with Crippen molar-refractivity contribution in [1.29, 1.82) is 0 Å². The molecule has 2 rings (SSSR count). The second-order valence-corrected chi connectivity index (χ2v) is 5.91. The molecule has 106 valence electrons. The van der Waals surface area contributed by atoms with Gasteiger partial charge in [0.05, 0.1) is 18.3 Å². The van der Waals surface area contributed by atoms with Crippen LogP contribution < -0.4 is 0 Å². The Kier molecular flexibility index (Phi) is 3.72. The third-order valence-electron chi connectivity index (χ3n) is 4.52. The van der Waals surface area contributed by atoms with Crippen LogP contribution in [-0.4, -0.2) is 28.9 Å². The van der Waals surface area contributed by atoms with Crippen LogP contribution in [0.15, 0.2) is 24.0 Å². The number of methoxy groups -OCH3 is 1. The monoisotopic (exact) mass is 266 g/mol. The van der Waals surface area contributed by atoms with Gasteiger partial charge in [0.15, 0.2) is 0 Å². The Morgan fingerprint density at radius 1 is 1.63 bits per heavy atom. The fraction of sp³-hybridized carbons (Fsp3) is 0.667. The number of esters is 1. The summed E-state index contributed by atoms with van der Waals surface area (Å²) in [4.78, 5) is 11.9. The highest BCUT2D eigenvalue weighted by Gasteiger charge is 2.53. The van der Waals surface area contributed by atoms with Gasteiger partial charge in [-0.05, 0) is 31.1 Å². The number of fused-ring (bicyclic) bond motifs is 2. The summed E-state index contributed by atoms with van der Waals surface area (Å²) in [5.41, 5.74) is -0.580. The third kappa shape index (κ3) is 2.29. The van der Waals surface area contributed by atoms with E-state index in [-0.39, 0.29) is 24.0 Å². The highest BCUT2D eigenvalue weighted by atomic mass is 16.5. The maximum Gasteiger partial charge on any atom is 0.337 e. The fourth-order valence-corrected chi connectivity index (χ4v) is 3.87. The predicted molar refractivity (Wildman–Crippen MR) is 71.4 cm³/mol. The molecule has 4 nitrogen and oxygen atoms in total. The van der Waals surface area contributed by atoms with E-state index in [0.717, 1.165) is 6.42 Å². The van der Waals surface area contributed by atoms with Gasteiger partial charge in [0.1, 0.15) is 5.76 Å². The minimum atomic E-state index is -0.932. The number of hydrogen-bond donors (Lipinski definition) is 2. The van der Waals surface area contributed by atoms with Gasteiger partial charge < -0.3 is 14.9 Å². The first-order valence-corrected chi connectivity index (χ1v) is 6.76. The van der Waals surface area contributed by atoms with Crippen LogP contribution in [0.5, 0.6) is 0 Å². The molecule has 0 amide bonds. The minimum absolute atomic E-state index is 0.00781. The Bertz CT molecular complexity index is 426. The van der Waals surface area contributed by atoms with Gasteiger partial charge in [0.25, 0.3) is 0 Å². The summed E-state index contributed by atoms with van der Waals surface area (Å²) >= 11 is 0. The van der Waals surface area contributed by atoms with Crippen LogP contribution >= 0.6 is 0 Å². The highest BCUT2D eigenvalue weighted by molar-refractivity contribution is 5.90. The molecule has 2 N–H and O–H groups in total. The van der Waals surface area contributed by atoms with Crippen molar-refractivity contribution in [2.75, 3.05) is 7.11 Å². The molecular formula is C15H22O4. The number of allylic oxidation sites excluding steroid dienone is 1. The summed E-state index contributed by atoms with van der Waals surface area (Å²) in [6.45, 7) is 5.80. The highest BCUT2D eigenvalue weighted by Crippen LogP contribution is 2.52. The molecule has 19 heavy (non-hydrogen) atoms. The summed E-state index contributed by atoms with van der Waals surface area (Å²) in [5.74, 6) is -0.373. The van der Waals surface area contributed by atoms with Crippen molar-refractivity contribution in [3.05, 3.63) is 24.0 Å². The Morgan fingerprint density at radius 2 is 2.32 bits per heavy atom. The topological polar surface area (TPSA) is 66.8 Å². The molecule has 0 heterocycles. The van der Waals surface area contributed by atoms with Gasteiger partial charge in [-0.1, -0.05) is 13.0 Å². The van der Waals surface area contributed by atoms with E-state index < -0.39 is 11.6 Å². The lowest BCUT2D eigenvalue weighted by atomic mass is 9.57. The number of rotatable bonds is 3. The van der Waals surface area contributed by atoms with Crippen LogP contribution in [0.3, 0.4) is 0 Å². The first-order valence-electron chi connectivity index (χ1n) is 6.76. The minimum Gasteiger partial charge on any atom is -0.512 e. The number of carbonyl (C=O) groups is 1. The van der Waals surface area contributed by atoms with E-state index >= 15 is 0 Å². The normalized spacial score (nSPS) is 37.9. The molecule has 0 aromatic heterocycles. The van der Waals surface area contributed by atoms with Crippen molar-refractivity contribution in [3.63, 3.8) is 0 Å². The van der Waals surface area contributed by atoms with Crippen LogP contribution in [0, 0.1) is 17.8 Å². The fourth-order valence-electron chi connectivity index (χ4n) is 3.87. The number of aliphatic hydroxyl groups is 2. The molecule has 0 aromatic rings. The van der Waals surface area contributed by atoms with Gasteiger partial charge in [0, 0.05) is 12.3 Å². The SMILES string of the molecule is C=CC[C@H]1[C@H]2C[C@@H](C)C[C@]1(O)CC(O)=C2C(=O)OC. The Balaban J connectivity index is 2.46. The zero-order valence-electron chi connectivity index (χ0n) is 11.6. The van der Waals surface area contributed by atoms with Crippen molar-refractivity contribution in [2.45, 2.75) is 38.2 Å². The maximum atomic E-state index is 11.9. The Morgan fingerprint density at radius 3 is 2.89 bits per heavy atom. The molecular weight excluding hydrogens is 244 g/mol. The molecule has 1 fully saturated rings. The molecule has 1 saturated carbocycles. The van der Waals surface area contributed by atoms with Crippen LogP contribution in [0.2, 0.25) is 0 Å². The number of ether oxygens (including phenoxy) is 1. The quantitative estimate of drug-likeness (QED) is 0.608. The second-order valence-electron chi connectivity index (χ2n) is 5.91. The largest absolute Gasteiger partial charge is 0.512 e. The first kappa shape index (κ1) is 14.1. The average Bonchev–Trinajstić information content (AvgIpc) is 2.31. The molecule has 0 unspecified atom stereocenters. The van der Waals surface area contributed by atoms with E-state index in [1.165, 1.54) is 7.11 Å². The Hall–Kier alpha value is -1.29. The lowest BCUT2D eigenvalue weighted by Crippen LogP contribution is -2.52. The zero-order chi connectivity index (χ0) is 14.2. The van der Waals surface area contributed by atoms with Gasteiger partial charge in [-0.15, -0.1) is 6.58 Å². The number of aliphatic hydroxyl groups excluding tert-OH is 1. The number of hydrogen-bond acceptors (Lipinski definition) is 4. The lowest BCUT2D eigenvalue weighted by molar-refractivity contribution is -0.141. The van der Waals surface area contributed by atoms with Crippen LogP contribution in [0.4, 0.5) is 0 Å². The summed E-state index contributed by atoms with van der Waals surface area (Å²) in [5, 5.41) is 20.9. The van der Waals surface area contributed by atoms with Gasteiger partial charge in [-0.25, -0.2) is 4.79 Å². The van der Waals surface area contributed by atoms with Gasteiger partial charge in [-0.2, -0.15) is 0 Å². The van der Waals surface area contributed by atoms with E-state index in [0.29, 0.717) is 24.3 Å². The van der Waals surface area contributed by atoms with Crippen molar-refractivity contribution in [1.82, 2.24) is 0 Å². The number of carbonyl (C=O) groups excluding carboxylic acids is 1.